The normalized spacial score (nSPS) is 17.4. The second kappa shape index (κ2) is 5.43. The van der Waals surface area contributed by atoms with Gasteiger partial charge in [-0.2, -0.15) is 5.26 Å². The third-order valence-electron chi connectivity index (χ3n) is 3.91. The van der Waals surface area contributed by atoms with Gasteiger partial charge in [0, 0.05) is 15.6 Å². The van der Waals surface area contributed by atoms with Crippen molar-refractivity contribution >= 4 is 15.9 Å². The summed E-state index contributed by atoms with van der Waals surface area (Å²) in [7, 11) is 0. The number of aromatic amines is 1. The number of benzene rings is 1. The molecule has 3 N–H and O–H groups in total. The first-order valence-corrected chi connectivity index (χ1v) is 8.04. The van der Waals surface area contributed by atoms with E-state index < -0.39 is 0 Å². The Labute approximate surface area is 143 Å². The first kappa shape index (κ1) is 15.6. The molecule has 2 aromatic rings. The van der Waals surface area contributed by atoms with Gasteiger partial charge in [0.25, 0.3) is 0 Å². The van der Waals surface area contributed by atoms with E-state index in [1.807, 2.05) is 24.3 Å². The molecule has 1 aromatic heterocycles. The van der Waals surface area contributed by atoms with Gasteiger partial charge >= 0.3 is 0 Å². The lowest BCUT2D eigenvalue weighted by atomic mass is 9.79. The number of H-pyrrole nitrogens is 1. The van der Waals surface area contributed by atoms with E-state index in [-0.39, 0.29) is 17.2 Å². The molecule has 5 nitrogen and oxygen atoms in total. The van der Waals surface area contributed by atoms with Gasteiger partial charge in [-0.05, 0) is 11.6 Å². The number of halogens is 1. The number of nitrogens with zero attached hydrogens (tertiary/aromatic N) is 2. The van der Waals surface area contributed by atoms with E-state index in [9.17, 15) is 5.26 Å². The van der Waals surface area contributed by atoms with Gasteiger partial charge in [0.15, 0.2) is 0 Å². The Morgan fingerprint density at radius 3 is 2.65 bits per heavy atom. The van der Waals surface area contributed by atoms with Crippen LogP contribution < -0.4 is 10.5 Å². The van der Waals surface area contributed by atoms with Gasteiger partial charge in [-0.3, -0.25) is 5.10 Å². The molecule has 1 aliphatic heterocycles. The number of fused-ring (bicyclic) bond motifs is 1. The van der Waals surface area contributed by atoms with Gasteiger partial charge in [-0.15, -0.1) is 5.10 Å². The van der Waals surface area contributed by atoms with Crippen molar-refractivity contribution in [3.8, 4) is 11.9 Å². The molecule has 0 spiro atoms. The molecular weight excluding hydrogens is 356 g/mol. The molecule has 0 saturated carbocycles. The number of ether oxygens (including phenoxy) is 1. The third-order valence-corrected chi connectivity index (χ3v) is 4.63. The Morgan fingerprint density at radius 1 is 1.35 bits per heavy atom. The molecule has 0 fully saturated rings. The number of nitrogens with one attached hydrogen (secondary N) is 1. The Hall–Kier alpha value is -2.26. The van der Waals surface area contributed by atoms with E-state index in [0.29, 0.717) is 11.5 Å². The zero-order chi connectivity index (χ0) is 16.8. The van der Waals surface area contributed by atoms with Crippen LogP contribution in [0.2, 0.25) is 0 Å². The molecule has 1 aliphatic rings. The highest BCUT2D eigenvalue weighted by molar-refractivity contribution is 9.10. The average Bonchev–Trinajstić information content (AvgIpc) is 2.90. The maximum atomic E-state index is 9.63. The van der Waals surface area contributed by atoms with Crippen LogP contribution in [0.15, 0.2) is 40.2 Å². The summed E-state index contributed by atoms with van der Waals surface area (Å²) in [4.78, 5) is 0. The second-order valence-electron chi connectivity index (χ2n) is 6.51. The van der Waals surface area contributed by atoms with E-state index >= 15 is 0 Å². The molecule has 2 heterocycles. The summed E-state index contributed by atoms with van der Waals surface area (Å²) in [6.07, 6.45) is 0. The fraction of sp³-hybridized carbons (Fsp3) is 0.294. The minimum atomic E-state index is -0.313. The van der Waals surface area contributed by atoms with Gasteiger partial charge in [0.2, 0.25) is 11.8 Å². The van der Waals surface area contributed by atoms with Crippen LogP contribution in [-0.4, -0.2) is 10.2 Å². The fourth-order valence-corrected chi connectivity index (χ4v) is 3.35. The molecule has 0 saturated heterocycles. The molecule has 3 rings (SSSR count). The van der Waals surface area contributed by atoms with E-state index in [4.69, 9.17) is 10.5 Å². The van der Waals surface area contributed by atoms with Gasteiger partial charge in [-0.25, -0.2) is 0 Å². The van der Waals surface area contributed by atoms with Crippen LogP contribution in [-0.2, 0) is 5.41 Å². The maximum Gasteiger partial charge on any atom is 0.244 e. The molecule has 0 aliphatic carbocycles. The van der Waals surface area contributed by atoms with Crippen LogP contribution in [0.3, 0.4) is 0 Å². The Bertz CT molecular complexity index is 839. The van der Waals surface area contributed by atoms with Crippen LogP contribution in [0.4, 0.5) is 0 Å². The molecule has 0 amide bonds. The van der Waals surface area contributed by atoms with E-state index in [0.717, 1.165) is 21.3 Å². The highest BCUT2D eigenvalue weighted by atomic mass is 79.9. The second-order valence-corrected chi connectivity index (χ2v) is 7.37. The van der Waals surface area contributed by atoms with Crippen molar-refractivity contribution in [3.05, 3.63) is 57.0 Å². The number of hydrogen-bond acceptors (Lipinski definition) is 4. The van der Waals surface area contributed by atoms with Crippen molar-refractivity contribution in [1.29, 1.82) is 5.26 Å². The highest BCUT2D eigenvalue weighted by Crippen LogP contribution is 2.46. The van der Waals surface area contributed by atoms with Gasteiger partial charge in [0.05, 0.1) is 11.5 Å². The lowest BCUT2D eigenvalue weighted by Gasteiger charge is -2.27. The number of nitrogens with two attached hydrogens (primary N) is 1. The van der Waals surface area contributed by atoms with Gasteiger partial charge < -0.3 is 10.5 Å². The minimum absolute atomic E-state index is 0.104. The van der Waals surface area contributed by atoms with Crippen LogP contribution in [0.5, 0.6) is 5.88 Å². The Kier molecular flexibility index (Phi) is 3.69. The first-order valence-electron chi connectivity index (χ1n) is 7.25. The number of allylic oxidation sites excluding steroid dienone is 1. The fourth-order valence-electron chi connectivity index (χ4n) is 2.84. The Balaban J connectivity index is 2.31. The maximum absolute atomic E-state index is 9.63. The van der Waals surface area contributed by atoms with Crippen molar-refractivity contribution in [2.24, 2.45) is 5.73 Å². The van der Waals surface area contributed by atoms with Crippen LogP contribution >= 0.6 is 15.9 Å². The summed E-state index contributed by atoms with van der Waals surface area (Å²) in [6, 6.07) is 10.0. The molecule has 0 bridgehead atoms. The third kappa shape index (κ3) is 2.51. The number of hydrogen-bond donors (Lipinski definition) is 2. The van der Waals surface area contributed by atoms with Crippen molar-refractivity contribution in [2.45, 2.75) is 32.1 Å². The molecular formula is C17H17BrN4O. The number of rotatable bonds is 1. The number of nitriles is 1. The molecule has 6 heteroatoms. The van der Waals surface area contributed by atoms with E-state index in [1.54, 1.807) is 0 Å². The standard InChI is InChI=1S/C17H17BrN4O/c1-17(2,3)14-13-12(9-6-4-5-7-11(9)18)10(8-19)15(20)23-16(13)22-21-14/h4-7,12H,20H2,1-3H3,(H,21,22)/t12-/m1/s1. The van der Waals surface area contributed by atoms with E-state index in [2.05, 4.69) is 53.0 Å². The highest BCUT2D eigenvalue weighted by Gasteiger charge is 2.38. The molecule has 0 unspecified atom stereocenters. The smallest absolute Gasteiger partial charge is 0.244 e. The molecule has 1 aromatic carbocycles. The predicted octanol–water partition coefficient (Wildman–Crippen LogP) is 3.69. The molecule has 1 atom stereocenters. The van der Waals surface area contributed by atoms with Crippen molar-refractivity contribution in [1.82, 2.24) is 10.2 Å². The lowest BCUT2D eigenvalue weighted by Crippen LogP contribution is -2.24. The van der Waals surface area contributed by atoms with Crippen molar-refractivity contribution in [2.75, 3.05) is 0 Å². The Morgan fingerprint density at radius 2 is 2.04 bits per heavy atom. The monoisotopic (exact) mass is 372 g/mol. The molecule has 118 valence electrons. The average molecular weight is 373 g/mol. The van der Waals surface area contributed by atoms with Crippen molar-refractivity contribution in [3.63, 3.8) is 0 Å². The van der Waals surface area contributed by atoms with E-state index in [1.165, 1.54) is 0 Å². The topological polar surface area (TPSA) is 87.7 Å². The summed E-state index contributed by atoms with van der Waals surface area (Å²) < 4.78 is 6.50. The van der Waals surface area contributed by atoms with Crippen LogP contribution in [0, 0.1) is 11.3 Å². The molecule has 0 radical (unpaired) electrons. The zero-order valence-corrected chi connectivity index (χ0v) is 14.7. The zero-order valence-electron chi connectivity index (χ0n) is 13.1. The largest absolute Gasteiger partial charge is 0.420 e. The minimum Gasteiger partial charge on any atom is -0.420 e. The molecule has 23 heavy (non-hydrogen) atoms. The number of aromatic nitrogens is 2. The van der Waals surface area contributed by atoms with Gasteiger partial charge in [-0.1, -0.05) is 54.9 Å². The first-order chi connectivity index (χ1) is 10.8. The van der Waals surface area contributed by atoms with Crippen LogP contribution in [0.25, 0.3) is 0 Å². The predicted molar refractivity (Wildman–Crippen MR) is 90.7 cm³/mol. The SMILES string of the molecule is CC(C)(C)c1[nH]nc2c1[C@H](c1ccccc1Br)C(C#N)=C(N)O2. The lowest BCUT2D eigenvalue weighted by molar-refractivity contribution is 0.378. The summed E-state index contributed by atoms with van der Waals surface area (Å²) >= 11 is 3.58. The van der Waals surface area contributed by atoms with Crippen molar-refractivity contribution < 1.29 is 4.74 Å². The summed E-state index contributed by atoms with van der Waals surface area (Å²) in [5, 5.41) is 16.9. The summed E-state index contributed by atoms with van der Waals surface area (Å²) in [6.45, 7) is 6.27. The van der Waals surface area contributed by atoms with Crippen LogP contribution in [0.1, 0.15) is 43.5 Å². The summed E-state index contributed by atoms with van der Waals surface area (Å²) in [5.74, 6) is 0.229. The quantitative estimate of drug-likeness (QED) is 0.798. The van der Waals surface area contributed by atoms with Gasteiger partial charge in [0.1, 0.15) is 11.6 Å². The summed E-state index contributed by atoms with van der Waals surface area (Å²) in [5.41, 5.74) is 8.97.